The lowest BCUT2D eigenvalue weighted by molar-refractivity contribution is -0.139. The van der Waals surface area contributed by atoms with Gasteiger partial charge in [-0.3, -0.25) is 19.2 Å². The van der Waals surface area contributed by atoms with Crippen LogP contribution in [0.15, 0.2) is 60.7 Å². The fraction of sp³-hybridized carbons (Fsp3) is 0.333. The number of esters is 1. The summed E-state index contributed by atoms with van der Waals surface area (Å²) in [7, 11) is 0. The minimum atomic E-state index is -0.596. The van der Waals surface area contributed by atoms with E-state index in [-0.39, 0.29) is 54.2 Å². The number of anilines is 2. The maximum atomic E-state index is 13.1. The van der Waals surface area contributed by atoms with Gasteiger partial charge >= 0.3 is 5.97 Å². The van der Waals surface area contributed by atoms with Crippen molar-refractivity contribution < 1.29 is 23.9 Å². The van der Waals surface area contributed by atoms with Crippen LogP contribution in [0.4, 0.5) is 11.4 Å². The molecule has 2 fully saturated rings. The Labute approximate surface area is 198 Å². The van der Waals surface area contributed by atoms with Gasteiger partial charge in [-0.15, -0.1) is 0 Å². The summed E-state index contributed by atoms with van der Waals surface area (Å²) in [5, 5.41) is 0. The normalized spacial score (nSPS) is 26.2. The largest absolute Gasteiger partial charge is 0.426 e. The van der Waals surface area contributed by atoms with Gasteiger partial charge < -0.3 is 9.64 Å². The Kier molecular flexibility index (Phi) is 5.55. The van der Waals surface area contributed by atoms with Crippen LogP contribution in [0.1, 0.15) is 25.3 Å². The van der Waals surface area contributed by atoms with Crippen molar-refractivity contribution in [2.45, 2.75) is 26.7 Å². The highest BCUT2D eigenvalue weighted by atomic mass is 16.5. The van der Waals surface area contributed by atoms with Gasteiger partial charge in [0.1, 0.15) is 5.75 Å². The molecule has 34 heavy (non-hydrogen) atoms. The molecule has 2 saturated heterocycles. The lowest BCUT2D eigenvalue weighted by atomic mass is 9.78. The van der Waals surface area contributed by atoms with E-state index < -0.39 is 11.9 Å². The van der Waals surface area contributed by atoms with Crippen LogP contribution < -0.4 is 14.5 Å². The molecule has 0 radical (unpaired) electrons. The number of hydrogen-bond donors (Lipinski definition) is 0. The van der Waals surface area contributed by atoms with E-state index in [2.05, 4.69) is 0 Å². The van der Waals surface area contributed by atoms with E-state index >= 15 is 0 Å². The van der Waals surface area contributed by atoms with Crippen LogP contribution in [0.5, 0.6) is 5.75 Å². The summed E-state index contributed by atoms with van der Waals surface area (Å²) in [5.74, 6) is -2.14. The molecule has 0 bridgehead atoms. The summed E-state index contributed by atoms with van der Waals surface area (Å²) in [6.07, 6.45) is 4.57. The summed E-state index contributed by atoms with van der Waals surface area (Å²) in [5.41, 5.74) is 2.19. The van der Waals surface area contributed by atoms with E-state index in [1.54, 1.807) is 23.1 Å². The van der Waals surface area contributed by atoms with Crippen LogP contribution in [0, 0.1) is 30.6 Å². The number of carbonyl (C=O) groups excluding carboxylic acids is 4. The number of nitrogens with zero attached hydrogens (tertiary/aromatic N) is 2. The smallest absolute Gasteiger partial charge is 0.316 e. The average molecular weight is 459 g/mol. The van der Waals surface area contributed by atoms with Crippen molar-refractivity contribution in [1.29, 1.82) is 0 Å². The van der Waals surface area contributed by atoms with Crippen molar-refractivity contribution >= 4 is 35.1 Å². The molecule has 3 amide bonds. The Morgan fingerprint density at radius 3 is 2.53 bits per heavy atom. The van der Waals surface area contributed by atoms with E-state index in [0.29, 0.717) is 12.1 Å². The molecule has 4 atom stereocenters. The molecule has 0 N–H and O–H groups in total. The second-order valence-electron chi connectivity index (χ2n) is 9.33. The van der Waals surface area contributed by atoms with E-state index in [9.17, 15) is 19.2 Å². The Balaban J connectivity index is 1.30. The molecule has 3 aliphatic rings. The molecule has 0 saturated carbocycles. The highest BCUT2D eigenvalue weighted by Gasteiger charge is 2.50. The van der Waals surface area contributed by atoms with E-state index in [0.717, 1.165) is 11.3 Å². The molecule has 2 aromatic rings. The summed E-state index contributed by atoms with van der Waals surface area (Å²) in [4.78, 5) is 54.3. The molecule has 0 unspecified atom stereocenters. The van der Waals surface area contributed by atoms with Gasteiger partial charge in [0.05, 0.1) is 23.4 Å². The highest BCUT2D eigenvalue weighted by molar-refractivity contribution is 6.22. The number of fused-ring (bicyclic) bond motifs is 1. The first-order chi connectivity index (χ1) is 16.3. The zero-order chi connectivity index (χ0) is 24.0. The molecular weight excluding hydrogens is 432 g/mol. The molecule has 0 spiro atoms. The Morgan fingerprint density at radius 1 is 1.00 bits per heavy atom. The molecule has 0 aromatic heterocycles. The highest BCUT2D eigenvalue weighted by Crippen LogP contribution is 2.41. The van der Waals surface area contributed by atoms with Crippen molar-refractivity contribution in [3.05, 3.63) is 66.2 Å². The van der Waals surface area contributed by atoms with Gasteiger partial charge in [-0.25, -0.2) is 4.90 Å². The zero-order valence-electron chi connectivity index (χ0n) is 19.1. The Hall–Kier alpha value is -3.74. The van der Waals surface area contributed by atoms with Crippen LogP contribution in [0.25, 0.3) is 0 Å². The van der Waals surface area contributed by atoms with Crippen molar-refractivity contribution in [3.8, 4) is 5.75 Å². The zero-order valence-corrected chi connectivity index (χ0v) is 19.1. The molecule has 2 aromatic carbocycles. The lowest BCUT2D eigenvalue weighted by Gasteiger charge is -2.22. The predicted molar refractivity (Wildman–Crippen MR) is 126 cm³/mol. The van der Waals surface area contributed by atoms with Crippen LogP contribution in [0.2, 0.25) is 0 Å². The van der Waals surface area contributed by atoms with E-state index in [4.69, 9.17) is 4.74 Å². The second-order valence-corrected chi connectivity index (χ2v) is 9.33. The molecule has 2 heterocycles. The van der Waals surface area contributed by atoms with Gasteiger partial charge in [0.2, 0.25) is 17.7 Å². The number of allylic oxidation sites excluding steroid dienone is 2. The van der Waals surface area contributed by atoms with Gasteiger partial charge in [0, 0.05) is 24.7 Å². The van der Waals surface area contributed by atoms with Gasteiger partial charge in [-0.05, 0) is 49.1 Å². The SMILES string of the molecule is Cc1cccc(N2C[C@H](C(=O)Oc3cccc(N4C(=O)[C@@H]5[C@@H](C)C=CC[C@H]5C4=O)c3)CC2=O)c1. The monoisotopic (exact) mass is 458 g/mol. The number of aryl methyl sites for hydroxylation is 1. The van der Waals surface area contributed by atoms with Crippen molar-refractivity contribution in [2.24, 2.45) is 23.7 Å². The minimum Gasteiger partial charge on any atom is -0.426 e. The third-order valence-corrected chi connectivity index (χ3v) is 6.94. The van der Waals surface area contributed by atoms with Gasteiger partial charge in [-0.1, -0.05) is 37.3 Å². The first-order valence-electron chi connectivity index (χ1n) is 11.6. The number of hydrogen-bond acceptors (Lipinski definition) is 5. The molecule has 5 rings (SSSR count). The Morgan fingerprint density at radius 2 is 1.76 bits per heavy atom. The third kappa shape index (κ3) is 3.81. The van der Waals surface area contributed by atoms with Crippen LogP contribution >= 0.6 is 0 Å². The fourth-order valence-corrected chi connectivity index (χ4v) is 5.20. The van der Waals surface area contributed by atoms with E-state index in [1.165, 1.54) is 11.0 Å². The maximum absolute atomic E-state index is 13.1. The average Bonchev–Trinajstić information content (AvgIpc) is 3.32. The number of ether oxygens (including phenoxy) is 1. The van der Waals surface area contributed by atoms with Crippen molar-refractivity contribution in [3.63, 3.8) is 0 Å². The summed E-state index contributed by atoms with van der Waals surface area (Å²) in [6.45, 7) is 4.14. The number of amides is 3. The van der Waals surface area contributed by atoms with Crippen molar-refractivity contribution in [1.82, 2.24) is 0 Å². The summed E-state index contributed by atoms with van der Waals surface area (Å²) < 4.78 is 5.59. The Bertz CT molecular complexity index is 1220. The first kappa shape index (κ1) is 22.1. The van der Waals surface area contributed by atoms with Crippen LogP contribution in [-0.4, -0.2) is 30.2 Å². The van der Waals surface area contributed by atoms with Gasteiger partial charge in [0.15, 0.2) is 0 Å². The number of carbonyl (C=O) groups is 4. The molecular formula is C27H26N2O5. The maximum Gasteiger partial charge on any atom is 0.316 e. The van der Waals surface area contributed by atoms with Crippen LogP contribution in [0.3, 0.4) is 0 Å². The van der Waals surface area contributed by atoms with Crippen molar-refractivity contribution in [2.75, 3.05) is 16.3 Å². The molecule has 2 aliphatic heterocycles. The number of rotatable bonds is 4. The molecule has 7 heteroatoms. The molecule has 7 nitrogen and oxygen atoms in total. The number of benzene rings is 2. The first-order valence-corrected chi connectivity index (χ1v) is 11.6. The third-order valence-electron chi connectivity index (χ3n) is 6.94. The standard InChI is InChI=1S/C27H26N2O5/c1-16-6-3-8-19(12-16)28-15-18(13-23(28)30)27(33)34-21-10-5-9-20(14-21)29-25(31)22-11-4-7-17(2)24(22)26(29)32/h3-10,12,14,17-18,22,24H,11,13,15H2,1-2H3/t17-,18+,22+,24+/m0/s1. The molecule has 1 aliphatic carbocycles. The fourth-order valence-electron chi connectivity index (χ4n) is 5.20. The van der Waals surface area contributed by atoms with Gasteiger partial charge in [0.25, 0.3) is 0 Å². The second kappa shape index (κ2) is 8.56. The number of imide groups is 1. The lowest BCUT2D eigenvalue weighted by Crippen LogP contribution is -2.31. The van der Waals surface area contributed by atoms with Crippen LogP contribution in [-0.2, 0) is 19.2 Å². The summed E-state index contributed by atoms with van der Waals surface area (Å²) in [6, 6.07) is 14.1. The predicted octanol–water partition coefficient (Wildman–Crippen LogP) is 3.66. The van der Waals surface area contributed by atoms with E-state index in [1.807, 2.05) is 50.3 Å². The topological polar surface area (TPSA) is 84.0 Å². The quantitative estimate of drug-likeness (QED) is 0.302. The summed E-state index contributed by atoms with van der Waals surface area (Å²) >= 11 is 0. The minimum absolute atomic E-state index is 0.00235. The van der Waals surface area contributed by atoms with Gasteiger partial charge in [-0.2, -0.15) is 0 Å². The molecule has 174 valence electrons.